The largest absolute Gasteiger partial charge is 0.478 e. The molecule has 24 heteroatoms. The van der Waals surface area contributed by atoms with E-state index in [-0.39, 0.29) is 5.56 Å². The lowest BCUT2D eigenvalue weighted by Gasteiger charge is -2.42. The summed E-state index contributed by atoms with van der Waals surface area (Å²) in [5, 5.41) is 8.87. The van der Waals surface area contributed by atoms with Gasteiger partial charge in [-0.1, -0.05) is 30.3 Å². The number of carboxylic acid groups (broad SMARTS) is 1. The maximum absolute atomic E-state index is 14.8. The number of carbonyl (C=O) groups excluding carboxylic acids is 1. The molecule has 50 heavy (non-hydrogen) atoms. The molecule has 0 fully saturated rings. The van der Waals surface area contributed by atoms with Crippen molar-refractivity contribution in [3.05, 3.63) is 71.3 Å². The van der Waals surface area contributed by atoms with Crippen LogP contribution >= 0.6 is 0 Å². The molecule has 0 aromatic heterocycles. The van der Waals surface area contributed by atoms with Gasteiger partial charge in [0.05, 0.1) is 17.5 Å². The first-order chi connectivity index (χ1) is 22.2. The summed E-state index contributed by atoms with van der Waals surface area (Å²) in [5.41, 5.74) is -1.47. The van der Waals surface area contributed by atoms with Gasteiger partial charge in [0.2, 0.25) is 0 Å². The Morgan fingerprint density at radius 2 is 1.00 bits per heavy atom. The fraction of sp³-hybridized carbons (Fsp3) is 0.462. The van der Waals surface area contributed by atoms with Crippen LogP contribution in [0.15, 0.2) is 54.6 Å². The number of rotatable bonds is 14. The number of carbonyl (C=O) groups is 2. The van der Waals surface area contributed by atoms with Gasteiger partial charge >= 0.3 is 65.9 Å². The molecule has 0 aliphatic rings. The number of benzene rings is 2. The van der Waals surface area contributed by atoms with Crippen LogP contribution < -0.4 is 0 Å². The van der Waals surface area contributed by atoms with E-state index in [1.807, 2.05) is 0 Å². The summed E-state index contributed by atoms with van der Waals surface area (Å²) >= 11 is 0. The van der Waals surface area contributed by atoms with Crippen molar-refractivity contribution in [1.29, 1.82) is 0 Å². The number of halogens is 19. The van der Waals surface area contributed by atoms with E-state index >= 15 is 0 Å². The Bertz CT molecular complexity index is 1490. The van der Waals surface area contributed by atoms with Crippen molar-refractivity contribution in [2.24, 2.45) is 0 Å². The molecule has 1 atom stereocenters. The van der Waals surface area contributed by atoms with Crippen molar-refractivity contribution in [3.63, 3.8) is 0 Å². The lowest BCUT2D eigenvalue weighted by Crippen LogP contribution is -2.72. The highest BCUT2D eigenvalue weighted by atomic mass is 19.4. The Morgan fingerprint density at radius 3 is 1.42 bits per heavy atom. The Labute approximate surface area is 264 Å². The molecule has 0 bridgehead atoms. The minimum Gasteiger partial charge on any atom is -0.478 e. The van der Waals surface area contributed by atoms with Gasteiger partial charge in [0.25, 0.3) is 0 Å². The summed E-state index contributed by atoms with van der Waals surface area (Å²) in [4.78, 5) is 23.4. The number of carboxylic acids is 1. The van der Waals surface area contributed by atoms with Crippen LogP contribution in [-0.4, -0.2) is 77.1 Å². The summed E-state index contributed by atoms with van der Waals surface area (Å²) in [5.74, 6) is -52.4. The molecular formula is C26H15F19O5. The topological polar surface area (TPSA) is 72.8 Å². The van der Waals surface area contributed by atoms with E-state index in [0.717, 1.165) is 24.3 Å². The second-order valence-electron chi connectivity index (χ2n) is 10.0. The smallest absolute Gasteiger partial charge is 0.458 e. The molecule has 0 saturated heterocycles. The van der Waals surface area contributed by atoms with Gasteiger partial charge in [-0.2, -0.15) is 83.4 Å². The second kappa shape index (κ2) is 13.3. The lowest BCUT2D eigenvalue weighted by molar-refractivity contribution is -0.526. The van der Waals surface area contributed by atoms with Gasteiger partial charge < -0.3 is 9.84 Å². The monoisotopic (exact) mass is 768 g/mol. The molecule has 0 heterocycles. The normalized spacial score (nSPS) is 15.1. The summed E-state index contributed by atoms with van der Waals surface area (Å²) in [6.45, 7) is 0. The average Bonchev–Trinajstić information content (AvgIpc) is 2.95. The molecule has 1 unspecified atom stereocenters. The van der Waals surface area contributed by atoms with Crippen LogP contribution in [0.3, 0.4) is 0 Å². The minimum atomic E-state index is -8.79. The number of hydrogen-bond donors (Lipinski definition) is 1. The summed E-state index contributed by atoms with van der Waals surface area (Å²) in [6.07, 6.45) is -31.3. The van der Waals surface area contributed by atoms with Crippen molar-refractivity contribution in [3.8, 4) is 0 Å². The van der Waals surface area contributed by atoms with Crippen LogP contribution in [0, 0.1) is 0 Å². The van der Waals surface area contributed by atoms with E-state index in [0.29, 0.717) is 24.3 Å². The van der Waals surface area contributed by atoms with Gasteiger partial charge in [0.1, 0.15) is 6.10 Å². The van der Waals surface area contributed by atoms with Crippen molar-refractivity contribution in [2.75, 3.05) is 0 Å². The fourth-order valence-corrected chi connectivity index (χ4v) is 3.74. The van der Waals surface area contributed by atoms with E-state index in [1.54, 1.807) is 0 Å². The van der Waals surface area contributed by atoms with Crippen LogP contribution in [0.25, 0.3) is 0 Å². The molecule has 5 nitrogen and oxygen atoms in total. The second-order valence-corrected chi connectivity index (χ2v) is 10.0. The van der Waals surface area contributed by atoms with Crippen LogP contribution in [0.1, 0.15) is 32.7 Å². The fourth-order valence-electron chi connectivity index (χ4n) is 3.74. The Kier molecular flexibility index (Phi) is 11.2. The Balaban J connectivity index is 2.55. The zero-order valence-electron chi connectivity index (χ0n) is 23.4. The number of ether oxygens (including phenoxy) is 2. The van der Waals surface area contributed by atoms with Gasteiger partial charge in [-0.25, -0.2) is 9.59 Å². The molecule has 0 saturated carbocycles. The SMILES string of the molecule is O=C(O)c1ccc(C(=O)OC(Cc2ccccc2)CC(F)(F)C(F)(F)C(F)(F)C(F)(F)C(F)(F)C(F)(F)OC(F)(C(F)(F)F)C(F)(F)F)cc1. The molecule has 0 spiro atoms. The van der Waals surface area contributed by atoms with Crippen molar-refractivity contribution in [2.45, 2.75) is 72.9 Å². The van der Waals surface area contributed by atoms with Crippen molar-refractivity contribution in [1.82, 2.24) is 0 Å². The van der Waals surface area contributed by atoms with Gasteiger partial charge in [-0.15, -0.1) is 0 Å². The molecule has 1 N–H and O–H groups in total. The van der Waals surface area contributed by atoms with E-state index in [1.165, 1.54) is 10.8 Å². The highest BCUT2D eigenvalue weighted by molar-refractivity contribution is 5.92. The molecule has 2 aromatic carbocycles. The van der Waals surface area contributed by atoms with Crippen LogP contribution in [-0.2, 0) is 15.9 Å². The molecule has 0 aliphatic heterocycles. The summed E-state index contributed by atoms with van der Waals surface area (Å²) in [7, 11) is 0. The van der Waals surface area contributed by atoms with E-state index in [4.69, 9.17) is 5.11 Å². The Morgan fingerprint density at radius 1 is 0.580 bits per heavy atom. The van der Waals surface area contributed by atoms with E-state index in [9.17, 15) is 93.0 Å². The van der Waals surface area contributed by atoms with Crippen LogP contribution in [0.5, 0.6) is 0 Å². The van der Waals surface area contributed by atoms with Gasteiger partial charge in [-0.05, 0) is 29.8 Å². The maximum Gasteiger partial charge on any atom is 0.458 e. The summed E-state index contributed by atoms with van der Waals surface area (Å²) < 4.78 is 266. The van der Waals surface area contributed by atoms with Crippen molar-refractivity contribution >= 4 is 11.9 Å². The predicted molar refractivity (Wildman–Crippen MR) is 124 cm³/mol. The highest BCUT2D eigenvalue weighted by Gasteiger charge is 2.92. The van der Waals surface area contributed by atoms with Gasteiger partial charge in [0.15, 0.2) is 0 Å². The number of aromatic carboxylic acids is 1. The number of esters is 1. The standard InChI is InChI=1S/C26H15F19O5/c27-18(28,11-15(10-12-4-2-1-3-5-12)49-17(48)14-8-6-13(7-9-14)16(46)47)19(29,30)20(31,32)21(33,34)22(35,36)26(44,45)50-23(37,24(38,39)40)25(41,42)43/h1-9,15H,10-11H2,(H,46,47). The average molecular weight is 768 g/mol. The lowest BCUT2D eigenvalue weighted by atomic mass is 9.90. The molecular weight excluding hydrogens is 753 g/mol. The zero-order chi connectivity index (χ0) is 39.2. The third kappa shape index (κ3) is 7.53. The molecule has 0 aliphatic carbocycles. The first-order valence-electron chi connectivity index (χ1n) is 12.6. The van der Waals surface area contributed by atoms with Gasteiger partial charge in [0, 0.05) is 6.42 Å². The molecule has 282 valence electrons. The first-order valence-corrected chi connectivity index (χ1v) is 12.6. The molecule has 2 rings (SSSR count). The van der Waals surface area contributed by atoms with Crippen LogP contribution in [0.4, 0.5) is 83.4 Å². The third-order valence-corrected chi connectivity index (χ3v) is 6.44. The Hall–Kier alpha value is -3.99. The van der Waals surface area contributed by atoms with Gasteiger partial charge in [-0.3, -0.25) is 4.74 Å². The van der Waals surface area contributed by atoms with Crippen molar-refractivity contribution < 1.29 is 108 Å². The van der Waals surface area contributed by atoms with E-state index < -0.39 is 95.9 Å². The number of alkyl halides is 19. The molecule has 0 radical (unpaired) electrons. The third-order valence-electron chi connectivity index (χ3n) is 6.44. The first kappa shape index (κ1) is 42.2. The quantitative estimate of drug-likeness (QED) is 0.153. The number of hydrogen-bond acceptors (Lipinski definition) is 4. The highest BCUT2D eigenvalue weighted by Crippen LogP contribution is 2.62. The minimum absolute atomic E-state index is 0.255. The predicted octanol–water partition coefficient (Wildman–Crippen LogP) is 9.12. The maximum atomic E-state index is 14.8. The van der Waals surface area contributed by atoms with E-state index in [2.05, 4.69) is 4.74 Å². The molecule has 0 amide bonds. The zero-order valence-corrected chi connectivity index (χ0v) is 23.4. The molecule has 2 aromatic rings. The summed E-state index contributed by atoms with van der Waals surface area (Å²) in [6, 6.07) is 8.26. The van der Waals surface area contributed by atoms with Crippen LogP contribution in [0.2, 0.25) is 0 Å².